The van der Waals surface area contributed by atoms with Crippen molar-refractivity contribution in [1.29, 1.82) is 0 Å². The highest BCUT2D eigenvalue weighted by molar-refractivity contribution is 7.92. The fraction of sp³-hybridized carbons (Fsp3) is 0.600. The Morgan fingerprint density at radius 3 is 2.47 bits per heavy atom. The second-order valence-electron chi connectivity index (χ2n) is 4.17. The van der Waals surface area contributed by atoms with E-state index in [1.807, 2.05) is 0 Å². The van der Waals surface area contributed by atoms with Gasteiger partial charge in [-0.05, 0) is 12.8 Å². The molecule has 0 saturated carbocycles. The van der Waals surface area contributed by atoms with Gasteiger partial charge in [0.25, 0.3) is 0 Å². The Bertz CT molecular complexity index is 504. The molecule has 1 unspecified atom stereocenters. The number of carbonyl (C=O) groups is 1. The smallest absolute Gasteiger partial charge is 0.322 e. The van der Waals surface area contributed by atoms with Gasteiger partial charge in [0.2, 0.25) is 0 Å². The van der Waals surface area contributed by atoms with Gasteiger partial charge in [0.05, 0.1) is 16.5 Å². The molecule has 17 heavy (non-hydrogen) atoms. The minimum absolute atomic E-state index is 0.313. The third kappa shape index (κ3) is 3.50. The van der Waals surface area contributed by atoms with Gasteiger partial charge in [0.15, 0.2) is 15.1 Å². The van der Waals surface area contributed by atoms with Gasteiger partial charge in [-0.25, -0.2) is 13.4 Å². The summed E-state index contributed by atoms with van der Waals surface area (Å²) in [5, 5.41) is 10.0. The topological polar surface area (TPSA) is 84.3 Å². The molecule has 0 radical (unpaired) electrons. The molecule has 1 aromatic heterocycles. The van der Waals surface area contributed by atoms with Crippen molar-refractivity contribution in [2.75, 3.05) is 0 Å². The summed E-state index contributed by atoms with van der Waals surface area (Å²) in [4.78, 5) is 15.0. The summed E-state index contributed by atoms with van der Waals surface area (Å²) in [6, 6.07) is 0. The minimum Gasteiger partial charge on any atom is -0.480 e. The molecule has 1 rings (SSSR count). The first-order chi connectivity index (χ1) is 7.74. The molecule has 0 saturated heterocycles. The summed E-state index contributed by atoms with van der Waals surface area (Å²) in [5.41, 5.74) is 0.416. The number of aliphatic carboxylic acids is 1. The number of sulfone groups is 1. The van der Waals surface area contributed by atoms with Gasteiger partial charge in [-0.3, -0.25) is 4.79 Å². The molecule has 1 aromatic rings. The molecule has 0 bridgehead atoms. The summed E-state index contributed by atoms with van der Waals surface area (Å²) in [7, 11) is -3.72. The number of nitrogens with zero attached hydrogens (tertiary/aromatic N) is 1. The minimum atomic E-state index is -3.72. The number of aryl methyl sites for hydroxylation is 1. The van der Waals surface area contributed by atoms with E-state index in [9.17, 15) is 13.2 Å². The van der Waals surface area contributed by atoms with Gasteiger partial charge in [-0.2, -0.15) is 0 Å². The van der Waals surface area contributed by atoms with Crippen molar-refractivity contribution in [3.8, 4) is 0 Å². The van der Waals surface area contributed by atoms with Gasteiger partial charge >= 0.3 is 5.97 Å². The Kier molecular flexibility index (Phi) is 4.26. The number of hydrogen-bond acceptors (Lipinski definition) is 5. The molecular weight excluding hydrogens is 262 g/mol. The lowest BCUT2D eigenvalue weighted by Crippen LogP contribution is -2.35. The largest absolute Gasteiger partial charge is 0.480 e. The van der Waals surface area contributed by atoms with Gasteiger partial charge in [0, 0.05) is 5.38 Å². The van der Waals surface area contributed by atoms with Crippen molar-refractivity contribution in [1.82, 2.24) is 4.98 Å². The average Bonchev–Trinajstić information content (AvgIpc) is 2.47. The van der Waals surface area contributed by atoms with Crippen LogP contribution in [0.15, 0.2) is 5.38 Å². The molecule has 0 aliphatic rings. The van der Waals surface area contributed by atoms with E-state index in [2.05, 4.69) is 4.98 Å². The van der Waals surface area contributed by atoms with Crippen molar-refractivity contribution >= 4 is 27.1 Å². The Balaban J connectivity index is 2.98. The number of aromatic nitrogens is 1. The van der Waals surface area contributed by atoms with Crippen LogP contribution in [0.25, 0.3) is 0 Å². The lowest BCUT2D eigenvalue weighted by Gasteiger charge is -2.15. The highest BCUT2D eigenvalue weighted by Crippen LogP contribution is 2.19. The van der Waals surface area contributed by atoms with Crippen LogP contribution in [0.1, 0.15) is 24.5 Å². The summed E-state index contributed by atoms with van der Waals surface area (Å²) < 4.78 is 24.0. The van der Waals surface area contributed by atoms with E-state index in [-0.39, 0.29) is 5.75 Å². The van der Waals surface area contributed by atoms with E-state index in [0.29, 0.717) is 5.69 Å². The first-order valence-corrected chi connectivity index (χ1v) is 7.69. The molecule has 7 heteroatoms. The molecule has 1 heterocycles. The van der Waals surface area contributed by atoms with E-state index in [4.69, 9.17) is 5.11 Å². The van der Waals surface area contributed by atoms with Crippen LogP contribution < -0.4 is 0 Å². The van der Waals surface area contributed by atoms with Gasteiger partial charge in [-0.15, -0.1) is 11.3 Å². The van der Waals surface area contributed by atoms with Gasteiger partial charge in [-0.1, -0.05) is 13.8 Å². The van der Waals surface area contributed by atoms with E-state index >= 15 is 0 Å². The lowest BCUT2D eigenvalue weighted by atomic mass is 10.1. The Hall–Kier alpha value is -0.950. The zero-order chi connectivity index (χ0) is 13.2. The molecule has 0 amide bonds. The number of hydrogen-bond donors (Lipinski definition) is 1. The number of carboxylic acid groups (broad SMARTS) is 1. The van der Waals surface area contributed by atoms with Crippen LogP contribution in [0, 0.1) is 12.8 Å². The monoisotopic (exact) mass is 277 g/mol. The molecule has 0 spiro atoms. The van der Waals surface area contributed by atoms with Crippen LogP contribution in [0.4, 0.5) is 0 Å². The first kappa shape index (κ1) is 14.1. The zero-order valence-electron chi connectivity index (χ0n) is 9.87. The first-order valence-electron chi connectivity index (χ1n) is 5.09. The molecular formula is C10H15NO4S2. The summed E-state index contributed by atoms with van der Waals surface area (Å²) in [6.45, 7) is 4.95. The van der Waals surface area contributed by atoms with Crippen LogP contribution >= 0.6 is 11.3 Å². The van der Waals surface area contributed by atoms with E-state index in [0.717, 1.165) is 5.01 Å². The standard InChI is InChI=1S/C10H15NO4S2/c1-6(2)9(10(12)13)17(14,15)5-8-4-16-7(3)11-8/h4,6,9H,5H2,1-3H3,(H,12,13). The number of carboxylic acids is 1. The maximum absolute atomic E-state index is 12.0. The normalized spacial score (nSPS) is 13.9. The maximum Gasteiger partial charge on any atom is 0.322 e. The van der Waals surface area contributed by atoms with E-state index < -0.39 is 27.0 Å². The molecule has 5 nitrogen and oxygen atoms in total. The van der Waals surface area contributed by atoms with Crippen LogP contribution in [-0.2, 0) is 20.4 Å². The Morgan fingerprint density at radius 1 is 1.53 bits per heavy atom. The summed E-state index contributed by atoms with van der Waals surface area (Å²) in [6.07, 6.45) is 0. The second-order valence-corrected chi connectivity index (χ2v) is 7.35. The SMILES string of the molecule is Cc1nc(CS(=O)(=O)C(C(=O)O)C(C)C)cs1. The van der Waals surface area contributed by atoms with Gasteiger partial charge in [0.1, 0.15) is 0 Å². The molecule has 1 atom stereocenters. The molecule has 0 aliphatic carbocycles. The van der Waals surface area contributed by atoms with Gasteiger partial charge < -0.3 is 5.11 Å². The van der Waals surface area contributed by atoms with Crippen molar-refractivity contribution in [2.24, 2.45) is 5.92 Å². The van der Waals surface area contributed by atoms with Crippen molar-refractivity contribution in [3.63, 3.8) is 0 Å². The third-order valence-corrected chi connectivity index (χ3v) is 5.29. The molecule has 0 aliphatic heterocycles. The molecule has 0 fully saturated rings. The highest BCUT2D eigenvalue weighted by Gasteiger charge is 2.35. The lowest BCUT2D eigenvalue weighted by molar-refractivity contribution is -0.137. The van der Waals surface area contributed by atoms with Crippen molar-refractivity contribution in [3.05, 3.63) is 16.1 Å². The van der Waals surface area contributed by atoms with Crippen LogP contribution in [-0.4, -0.2) is 29.7 Å². The van der Waals surface area contributed by atoms with Crippen LogP contribution in [0.5, 0.6) is 0 Å². The van der Waals surface area contributed by atoms with Crippen LogP contribution in [0.3, 0.4) is 0 Å². The van der Waals surface area contributed by atoms with Crippen molar-refractivity contribution in [2.45, 2.75) is 31.8 Å². The highest BCUT2D eigenvalue weighted by atomic mass is 32.2. The fourth-order valence-electron chi connectivity index (χ4n) is 1.62. The van der Waals surface area contributed by atoms with E-state index in [1.165, 1.54) is 11.3 Å². The van der Waals surface area contributed by atoms with E-state index in [1.54, 1.807) is 26.2 Å². The maximum atomic E-state index is 12.0. The summed E-state index contributed by atoms with van der Waals surface area (Å²) >= 11 is 1.35. The van der Waals surface area contributed by atoms with Crippen LogP contribution in [0.2, 0.25) is 0 Å². The average molecular weight is 277 g/mol. The molecule has 0 aromatic carbocycles. The fourth-order valence-corrected chi connectivity index (χ4v) is 4.22. The molecule has 1 N–H and O–H groups in total. The Labute approximate surface area is 104 Å². The second kappa shape index (κ2) is 5.14. The van der Waals surface area contributed by atoms with Crippen molar-refractivity contribution < 1.29 is 18.3 Å². The third-order valence-electron chi connectivity index (χ3n) is 2.25. The number of rotatable bonds is 5. The predicted octanol–water partition coefficient (Wildman–Crippen LogP) is 1.48. The molecule has 96 valence electrons. The number of thiazole rings is 1. The Morgan fingerprint density at radius 2 is 2.12 bits per heavy atom. The zero-order valence-corrected chi connectivity index (χ0v) is 11.5. The summed E-state index contributed by atoms with van der Waals surface area (Å²) in [5.74, 6) is -2.07. The quantitative estimate of drug-likeness (QED) is 0.881. The predicted molar refractivity (Wildman–Crippen MR) is 65.7 cm³/mol.